The van der Waals surface area contributed by atoms with Crippen LogP contribution in [-0.2, 0) is 16.0 Å². The molecule has 1 N–H and O–H groups in total. The number of benzene rings is 1. The second-order valence-corrected chi connectivity index (χ2v) is 6.73. The summed E-state index contributed by atoms with van der Waals surface area (Å²) < 4.78 is 0. The average Bonchev–Trinajstić information content (AvgIpc) is 3.10. The van der Waals surface area contributed by atoms with E-state index in [1.807, 2.05) is 12.3 Å². The fourth-order valence-corrected chi connectivity index (χ4v) is 3.57. The molecule has 0 unspecified atom stereocenters. The number of thiazole rings is 1. The Morgan fingerprint density at radius 2 is 2.30 bits per heavy atom. The van der Waals surface area contributed by atoms with Gasteiger partial charge in [-0.25, -0.2) is 4.98 Å². The number of nitrogens with one attached hydrogen (secondary N) is 1. The largest absolute Gasteiger partial charge is 0.326 e. The van der Waals surface area contributed by atoms with Crippen LogP contribution in [0.2, 0.25) is 5.02 Å². The van der Waals surface area contributed by atoms with Gasteiger partial charge in [-0.05, 0) is 37.1 Å². The molecule has 23 heavy (non-hydrogen) atoms. The van der Waals surface area contributed by atoms with Gasteiger partial charge in [0.25, 0.3) is 0 Å². The van der Waals surface area contributed by atoms with Crippen molar-refractivity contribution >= 4 is 45.6 Å². The van der Waals surface area contributed by atoms with E-state index in [4.69, 9.17) is 11.6 Å². The Morgan fingerprint density at radius 3 is 3.00 bits per heavy atom. The molecule has 1 saturated heterocycles. The maximum atomic E-state index is 12.2. The fourth-order valence-electron chi connectivity index (χ4n) is 2.48. The summed E-state index contributed by atoms with van der Waals surface area (Å²) in [4.78, 5) is 30.0. The predicted molar refractivity (Wildman–Crippen MR) is 92.2 cm³/mol. The maximum absolute atomic E-state index is 12.2. The molecule has 1 aliphatic heterocycles. The van der Waals surface area contributed by atoms with Crippen LogP contribution in [-0.4, -0.2) is 23.3 Å². The van der Waals surface area contributed by atoms with Crippen molar-refractivity contribution in [3.63, 3.8) is 0 Å². The first kappa shape index (κ1) is 16.0. The van der Waals surface area contributed by atoms with Crippen molar-refractivity contribution in [3.05, 3.63) is 39.9 Å². The third-order valence-electron chi connectivity index (χ3n) is 3.65. The van der Waals surface area contributed by atoms with Crippen LogP contribution in [0.25, 0.3) is 0 Å². The number of rotatable bonds is 4. The van der Waals surface area contributed by atoms with Crippen molar-refractivity contribution < 1.29 is 9.59 Å². The van der Waals surface area contributed by atoms with E-state index in [0.717, 1.165) is 17.7 Å². The third-order valence-corrected chi connectivity index (χ3v) is 4.80. The van der Waals surface area contributed by atoms with Gasteiger partial charge in [-0.2, -0.15) is 0 Å². The number of aromatic nitrogens is 1. The molecule has 0 spiro atoms. The van der Waals surface area contributed by atoms with Gasteiger partial charge in [-0.1, -0.05) is 11.6 Å². The standard InChI is InChI=1S/C16H16ClN3O2S/c1-10-7-11(17)4-5-13(10)19-14(21)8-12-9-23-16(18-12)20-6-2-3-15(20)22/h4-5,7,9H,2-3,6,8H2,1H3,(H,19,21). The molecule has 0 saturated carbocycles. The van der Waals surface area contributed by atoms with Crippen LogP contribution in [0.1, 0.15) is 24.1 Å². The first-order valence-electron chi connectivity index (χ1n) is 7.34. The maximum Gasteiger partial charge on any atom is 0.230 e. The minimum Gasteiger partial charge on any atom is -0.326 e. The summed E-state index contributed by atoms with van der Waals surface area (Å²) in [7, 11) is 0. The van der Waals surface area contributed by atoms with Crippen molar-refractivity contribution in [3.8, 4) is 0 Å². The van der Waals surface area contributed by atoms with Crippen LogP contribution in [0, 0.1) is 6.92 Å². The molecule has 2 amide bonds. The van der Waals surface area contributed by atoms with Crippen LogP contribution in [0.4, 0.5) is 10.8 Å². The average molecular weight is 350 g/mol. The zero-order valence-electron chi connectivity index (χ0n) is 12.6. The second kappa shape index (κ2) is 6.68. The third kappa shape index (κ3) is 3.71. The highest BCUT2D eigenvalue weighted by molar-refractivity contribution is 7.14. The van der Waals surface area contributed by atoms with E-state index in [1.165, 1.54) is 11.3 Å². The van der Waals surface area contributed by atoms with Gasteiger partial charge < -0.3 is 5.32 Å². The van der Waals surface area contributed by atoms with Crippen LogP contribution in [0.3, 0.4) is 0 Å². The molecule has 1 aromatic carbocycles. The van der Waals surface area contributed by atoms with Gasteiger partial charge >= 0.3 is 0 Å². The summed E-state index contributed by atoms with van der Waals surface area (Å²) in [5.41, 5.74) is 2.32. The lowest BCUT2D eigenvalue weighted by Gasteiger charge is -2.10. The first-order valence-corrected chi connectivity index (χ1v) is 8.59. The molecule has 5 nitrogen and oxygen atoms in total. The number of aryl methyl sites for hydroxylation is 1. The van der Waals surface area contributed by atoms with E-state index in [2.05, 4.69) is 10.3 Å². The van der Waals surface area contributed by atoms with Crippen molar-refractivity contribution in [2.45, 2.75) is 26.2 Å². The summed E-state index contributed by atoms with van der Waals surface area (Å²) in [6.07, 6.45) is 1.62. The molecule has 7 heteroatoms. The lowest BCUT2D eigenvalue weighted by atomic mass is 10.2. The number of amides is 2. The van der Waals surface area contributed by atoms with Gasteiger partial charge in [0.15, 0.2) is 5.13 Å². The van der Waals surface area contributed by atoms with Gasteiger partial charge in [-0.15, -0.1) is 11.3 Å². The second-order valence-electron chi connectivity index (χ2n) is 5.45. The van der Waals surface area contributed by atoms with Crippen LogP contribution >= 0.6 is 22.9 Å². The van der Waals surface area contributed by atoms with Gasteiger partial charge in [0.1, 0.15) is 0 Å². The number of halogens is 1. The molecule has 1 aromatic heterocycles. The molecule has 1 fully saturated rings. The Labute approximate surface area is 143 Å². The summed E-state index contributed by atoms with van der Waals surface area (Å²) in [5.74, 6) is -0.0350. The van der Waals surface area contributed by atoms with Crippen molar-refractivity contribution in [1.82, 2.24) is 4.98 Å². The molecule has 0 atom stereocenters. The Morgan fingerprint density at radius 1 is 1.48 bits per heavy atom. The van der Waals surface area contributed by atoms with E-state index in [9.17, 15) is 9.59 Å². The number of nitrogens with zero attached hydrogens (tertiary/aromatic N) is 2. The van der Waals surface area contributed by atoms with Gasteiger partial charge in [-0.3, -0.25) is 14.5 Å². The highest BCUT2D eigenvalue weighted by Gasteiger charge is 2.24. The van der Waals surface area contributed by atoms with Gasteiger partial charge in [0, 0.05) is 29.1 Å². The molecule has 0 radical (unpaired) electrons. The number of carbonyl (C=O) groups excluding carboxylic acids is 2. The normalized spacial score (nSPS) is 14.3. The van der Waals surface area contributed by atoms with Crippen LogP contribution in [0.15, 0.2) is 23.6 Å². The lowest BCUT2D eigenvalue weighted by molar-refractivity contribution is -0.117. The van der Waals surface area contributed by atoms with Gasteiger partial charge in [0.05, 0.1) is 12.1 Å². The molecule has 2 heterocycles. The van der Waals surface area contributed by atoms with Crippen molar-refractivity contribution in [1.29, 1.82) is 0 Å². The lowest BCUT2D eigenvalue weighted by Crippen LogP contribution is -2.23. The molecule has 1 aliphatic rings. The summed E-state index contributed by atoms with van der Waals surface area (Å²) >= 11 is 7.31. The summed E-state index contributed by atoms with van der Waals surface area (Å²) in [6.45, 7) is 2.60. The Bertz CT molecular complexity index is 760. The predicted octanol–water partition coefficient (Wildman–Crippen LogP) is 3.41. The zero-order chi connectivity index (χ0) is 16.4. The zero-order valence-corrected chi connectivity index (χ0v) is 14.2. The van der Waals surface area contributed by atoms with Gasteiger partial charge in [0.2, 0.25) is 11.8 Å². The summed E-state index contributed by atoms with van der Waals surface area (Å²) in [6, 6.07) is 5.33. The van der Waals surface area contributed by atoms with Crippen molar-refractivity contribution in [2.75, 3.05) is 16.8 Å². The molecule has 0 aliphatic carbocycles. The minimum absolute atomic E-state index is 0.104. The molecule has 0 bridgehead atoms. The summed E-state index contributed by atoms with van der Waals surface area (Å²) in [5, 5.41) is 6.01. The Hall–Kier alpha value is -1.92. The van der Waals surface area contributed by atoms with Crippen LogP contribution in [0.5, 0.6) is 0 Å². The molecule has 3 rings (SSSR count). The quantitative estimate of drug-likeness (QED) is 0.920. The van der Waals surface area contributed by atoms with E-state index in [0.29, 0.717) is 28.8 Å². The Balaban J connectivity index is 1.64. The SMILES string of the molecule is Cc1cc(Cl)ccc1NC(=O)Cc1csc(N2CCCC2=O)n1. The topological polar surface area (TPSA) is 62.3 Å². The van der Waals surface area contributed by atoms with E-state index in [-0.39, 0.29) is 18.2 Å². The van der Waals surface area contributed by atoms with E-state index >= 15 is 0 Å². The smallest absolute Gasteiger partial charge is 0.230 e. The first-order chi connectivity index (χ1) is 11.0. The molecule has 2 aromatic rings. The molecule has 120 valence electrons. The molecular weight excluding hydrogens is 334 g/mol. The highest BCUT2D eigenvalue weighted by atomic mass is 35.5. The van der Waals surface area contributed by atoms with Crippen molar-refractivity contribution in [2.24, 2.45) is 0 Å². The fraction of sp³-hybridized carbons (Fsp3) is 0.312. The highest BCUT2D eigenvalue weighted by Crippen LogP contribution is 2.26. The van der Waals surface area contributed by atoms with Crippen LogP contribution < -0.4 is 10.2 Å². The monoisotopic (exact) mass is 349 g/mol. The minimum atomic E-state index is -0.139. The van der Waals surface area contributed by atoms with E-state index < -0.39 is 0 Å². The number of anilines is 2. The number of hydrogen-bond acceptors (Lipinski definition) is 4. The molecular formula is C16H16ClN3O2S. The van der Waals surface area contributed by atoms with E-state index in [1.54, 1.807) is 23.1 Å². The number of hydrogen-bond donors (Lipinski definition) is 1. The number of carbonyl (C=O) groups is 2. The Kier molecular flexibility index (Phi) is 4.63.